The van der Waals surface area contributed by atoms with E-state index >= 15 is 0 Å². The maximum atomic E-state index is 12.8. The van der Waals surface area contributed by atoms with Crippen molar-refractivity contribution in [2.24, 2.45) is 0 Å². The van der Waals surface area contributed by atoms with Gasteiger partial charge in [0.25, 0.3) is 0 Å². The van der Waals surface area contributed by atoms with Crippen LogP contribution in [0.4, 0.5) is 0 Å². The third kappa shape index (κ3) is 50.6. The molecule has 0 aliphatic heterocycles. The summed E-state index contributed by atoms with van der Waals surface area (Å²) in [5.41, 5.74) is 0. The number of carbonyl (C=O) groups is 3. The highest BCUT2D eigenvalue weighted by Crippen LogP contribution is 2.15. The number of allylic oxidation sites excluding steroid dienone is 6. The fraction of sp³-hybridized carbons (Fsp3) is 0.845. The minimum Gasteiger partial charge on any atom is -0.462 e. The average molecular weight is 899 g/mol. The Balaban J connectivity index is 4.34. The molecule has 0 bridgehead atoms. The van der Waals surface area contributed by atoms with Gasteiger partial charge < -0.3 is 14.2 Å². The van der Waals surface area contributed by atoms with Crippen molar-refractivity contribution in [2.75, 3.05) is 13.2 Å². The van der Waals surface area contributed by atoms with E-state index in [4.69, 9.17) is 14.2 Å². The van der Waals surface area contributed by atoms with Gasteiger partial charge in [-0.3, -0.25) is 14.4 Å². The molecule has 0 radical (unpaired) electrons. The summed E-state index contributed by atoms with van der Waals surface area (Å²) < 4.78 is 16.8. The van der Waals surface area contributed by atoms with Gasteiger partial charge >= 0.3 is 17.9 Å². The third-order valence-corrected chi connectivity index (χ3v) is 12.3. The minimum atomic E-state index is -0.778. The first kappa shape index (κ1) is 61.6. The maximum Gasteiger partial charge on any atom is 0.306 e. The smallest absolute Gasteiger partial charge is 0.306 e. The van der Waals surface area contributed by atoms with Gasteiger partial charge in [0.15, 0.2) is 6.10 Å². The van der Waals surface area contributed by atoms with Crippen LogP contribution < -0.4 is 0 Å². The van der Waals surface area contributed by atoms with Gasteiger partial charge in [0.05, 0.1) is 0 Å². The highest BCUT2D eigenvalue weighted by Gasteiger charge is 2.19. The van der Waals surface area contributed by atoms with Gasteiger partial charge in [-0.05, 0) is 96.3 Å². The molecule has 0 fully saturated rings. The minimum absolute atomic E-state index is 0.0772. The summed E-state index contributed by atoms with van der Waals surface area (Å²) in [5.74, 6) is -0.884. The van der Waals surface area contributed by atoms with Gasteiger partial charge in [0.2, 0.25) is 0 Å². The quantitative estimate of drug-likeness (QED) is 0.0262. The summed E-state index contributed by atoms with van der Waals surface area (Å²) in [6.45, 7) is 6.62. The van der Waals surface area contributed by atoms with E-state index in [0.717, 1.165) is 70.6 Å². The van der Waals surface area contributed by atoms with Gasteiger partial charge in [-0.15, -0.1) is 0 Å². The Morgan fingerprint density at radius 1 is 0.297 bits per heavy atom. The van der Waals surface area contributed by atoms with Crippen molar-refractivity contribution < 1.29 is 28.6 Å². The third-order valence-electron chi connectivity index (χ3n) is 12.3. The van der Waals surface area contributed by atoms with Crippen LogP contribution in [0.2, 0.25) is 0 Å². The summed E-state index contributed by atoms with van der Waals surface area (Å²) in [7, 11) is 0. The molecule has 64 heavy (non-hydrogen) atoms. The van der Waals surface area contributed by atoms with E-state index in [9.17, 15) is 14.4 Å². The van der Waals surface area contributed by atoms with E-state index in [1.807, 2.05) is 0 Å². The molecule has 0 aromatic rings. The van der Waals surface area contributed by atoms with Gasteiger partial charge in [0, 0.05) is 19.3 Å². The predicted octanol–water partition coefficient (Wildman–Crippen LogP) is 18.5. The number of ether oxygens (including phenoxy) is 3. The highest BCUT2D eigenvalue weighted by molar-refractivity contribution is 5.71. The summed E-state index contributed by atoms with van der Waals surface area (Å²) in [6, 6.07) is 0. The second-order valence-electron chi connectivity index (χ2n) is 18.8. The summed E-state index contributed by atoms with van der Waals surface area (Å²) in [6.07, 6.45) is 62.7. The van der Waals surface area contributed by atoms with Gasteiger partial charge in [-0.2, -0.15) is 0 Å². The standard InChI is InChI=1S/C58H106O6/c1-4-7-10-13-16-19-22-25-27-28-29-30-31-34-36-39-42-45-48-51-57(60)63-54-55(53-62-56(59)50-47-44-41-38-35-32-24-21-18-15-12-9-6-3)64-58(61)52-49-46-43-40-37-33-26-23-20-17-14-11-8-5-2/h21,23-27,55H,4-20,22,28-54H2,1-3H3/b24-21-,26-23-,27-25-. The molecule has 0 saturated heterocycles. The number of hydrogen-bond acceptors (Lipinski definition) is 6. The molecule has 0 aromatic carbocycles. The Labute approximate surface area is 397 Å². The van der Waals surface area contributed by atoms with Crippen LogP contribution in [-0.4, -0.2) is 37.2 Å². The van der Waals surface area contributed by atoms with E-state index in [2.05, 4.69) is 57.2 Å². The zero-order valence-electron chi connectivity index (χ0n) is 42.8. The molecule has 1 atom stereocenters. The van der Waals surface area contributed by atoms with Crippen molar-refractivity contribution in [3.05, 3.63) is 36.5 Å². The summed E-state index contributed by atoms with van der Waals surface area (Å²) in [5, 5.41) is 0. The van der Waals surface area contributed by atoms with E-state index in [1.54, 1.807) is 0 Å². The van der Waals surface area contributed by atoms with Crippen molar-refractivity contribution in [1.82, 2.24) is 0 Å². The molecule has 0 rings (SSSR count). The Hall–Kier alpha value is -2.37. The number of rotatable bonds is 51. The Morgan fingerprint density at radius 2 is 0.516 bits per heavy atom. The van der Waals surface area contributed by atoms with E-state index < -0.39 is 6.10 Å². The van der Waals surface area contributed by atoms with Crippen LogP contribution in [0.25, 0.3) is 0 Å². The van der Waals surface area contributed by atoms with Crippen LogP contribution in [0.15, 0.2) is 36.5 Å². The second-order valence-corrected chi connectivity index (χ2v) is 18.8. The number of carbonyl (C=O) groups excluding carboxylic acids is 3. The zero-order chi connectivity index (χ0) is 46.5. The molecule has 374 valence electrons. The zero-order valence-corrected chi connectivity index (χ0v) is 42.8. The van der Waals surface area contributed by atoms with E-state index in [1.165, 1.54) is 186 Å². The van der Waals surface area contributed by atoms with Crippen LogP contribution in [0.3, 0.4) is 0 Å². The lowest BCUT2D eigenvalue weighted by atomic mass is 10.1. The number of unbranched alkanes of at least 4 members (excludes halogenated alkanes) is 34. The lowest BCUT2D eigenvalue weighted by Gasteiger charge is -2.18. The van der Waals surface area contributed by atoms with Gasteiger partial charge in [0.1, 0.15) is 13.2 Å². The molecule has 0 aromatic heterocycles. The van der Waals surface area contributed by atoms with Crippen LogP contribution in [-0.2, 0) is 28.6 Å². The normalized spacial score (nSPS) is 12.2. The Morgan fingerprint density at radius 3 is 0.797 bits per heavy atom. The first-order chi connectivity index (χ1) is 31.5. The second kappa shape index (κ2) is 53.2. The van der Waals surface area contributed by atoms with Crippen molar-refractivity contribution in [3.8, 4) is 0 Å². The lowest BCUT2D eigenvalue weighted by molar-refractivity contribution is -0.167. The molecule has 0 spiro atoms. The largest absolute Gasteiger partial charge is 0.462 e. The molecule has 1 unspecified atom stereocenters. The van der Waals surface area contributed by atoms with Crippen molar-refractivity contribution in [2.45, 2.75) is 303 Å². The summed E-state index contributed by atoms with van der Waals surface area (Å²) in [4.78, 5) is 38.1. The van der Waals surface area contributed by atoms with Crippen LogP contribution in [0.5, 0.6) is 0 Å². The Bertz CT molecular complexity index is 1080. The van der Waals surface area contributed by atoms with E-state index in [-0.39, 0.29) is 31.1 Å². The van der Waals surface area contributed by atoms with Crippen molar-refractivity contribution in [1.29, 1.82) is 0 Å². The Kier molecular flexibility index (Phi) is 51.3. The fourth-order valence-electron chi connectivity index (χ4n) is 8.07. The molecule has 0 aliphatic carbocycles. The predicted molar refractivity (Wildman–Crippen MR) is 275 cm³/mol. The van der Waals surface area contributed by atoms with Crippen LogP contribution in [0, 0.1) is 0 Å². The van der Waals surface area contributed by atoms with Gasteiger partial charge in [-0.1, -0.05) is 218 Å². The molecule has 6 nitrogen and oxygen atoms in total. The fourth-order valence-corrected chi connectivity index (χ4v) is 8.07. The summed E-state index contributed by atoms with van der Waals surface area (Å²) >= 11 is 0. The molecule has 6 heteroatoms. The first-order valence-electron chi connectivity index (χ1n) is 28.0. The SMILES string of the molecule is CCCCCC/C=C\CCCCCCCC(=O)OCC(COC(=O)CCCCCCCCCCC/C=C\CCCCCCCC)OC(=O)CCCCCCC/C=C\CCCCCCC. The molecular formula is C58H106O6. The monoisotopic (exact) mass is 899 g/mol. The molecule has 0 saturated carbocycles. The number of esters is 3. The molecular weight excluding hydrogens is 793 g/mol. The molecule has 0 amide bonds. The molecule has 0 heterocycles. The van der Waals surface area contributed by atoms with Crippen molar-refractivity contribution in [3.63, 3.8) is 0 Å². The first-order valence-corrected chi connectivity index (χ1v) is 28.0. The lowest BCUT2D eigenvalue weighted by Crippen LogP contribution is -2.30. The van der Waals surface area contributed by atoms with E-state index in [0.29, 0.717) is 19.3 Å². The van der Waals surface area contributed by atoms with Crippen LogP contribution >= 0.6 is 0 Å². The maximum absolute atomic E-state index is 12.8. The highest BCUT2D eigenvalue weighted by atomic mass is 16.6. The van der Waals surface area contributed by atoms with Gasteiger partial charge in [-0.25, -0.2) is 0 Å². The molecule has 0 aliphatic rings. The topological polar surface area (TPSA) is 78.9 Å². The van der Waals surface area contributed by atoms with Crippen LogP contribution in [0.1, 0.15) is 297 Å². The number of hydrogen-bond donors (Lipinski definition) is 0. The van der Waals surface area contributed by atoms with Crippen molar-refractivity contribution >= 4 is 17.9 Å². The molecule has 0 N–H and O–H groups in total. The average Bonchev–Trinajstić information content (AvgIpc) is 3.29.